The second-order valence-corrected chi connectivity index (χ2v) is 4.40. The van der Waals surface area contributed by atoms with Gasteiger partial charge in [0.1, 0.15) is 5.78 Å². The summed E-state index contributed by atoms with van der Waals surface area (Å²) in [7, 11) is 5.37. The molecule has 0 saturated heterocycles. The topological polar surface area (TPSA) is 116 Å². The molecule has 0 fully saturated rings. The van der Waals surface area contributed by atoms with Gasteiger partial charge in [0.05, 0.1) is 0 Å². The molecule has 0 aliphatic heterocycles. The molecule has 0 amide bonds. The zero-order valence-electron chi connectivity index (χ0n) is 14.1. The molecule has 0 N–H and O–H groups in total. The number of ether oxygens (including phenoxy) is 1. The molecule has 0 aromatic rings. The second-order valence-electron chi connectivity index (χ2n) is 4.40. The van der Waals surface area contributed by atoms with Crippen LogP contribution in [0.5, 0.6) is 0 Å². The quantitative estimate of drug-likeness (QED) is 0.258. The van der Waals surface area contributed by atoms with Crippen LogP contribution in [0, 0.1) is 0 Å². The fourth-order valence-corrected chi connectivity index (χ4v) is 0.914. The molecule has 0 atom stereocenters. The average Bonchev–Trinajstić information content (AvgIpc) is 2.37. The number of carbonyl (C=O) groups excluding carboxylic acids is 2. The summed E-state index contributed by atoms with van der Waals surface area (Å²) >= 11 is 0. The van der Waals surface area contributed by atoms with Crippen LogP contribution in [0.2, 0.25) is 0 Å². The zero-order valence-corrected chi connectivity index (χ0v) is 15.3. The fraction of sp³-hybridized carbons (Fsp3) is 0.857. The number of hydrogen-bond acceptors (Lipinski definition) is 7. The monoisotopic (exact) mass is 333 g/mol. The molecule has 0 bridgehead atoms. The zero-order chi connectivity index (χ0) is 17.1. The van der Waals surface area contributed by atoms with Crippen molar-refractivity contribution < 1.29 is 29.6 Å². The molecule has 0 aliphatic carbocycles. The van der Waals surface area contributed by atoms with Gasteiger partial charge in [-0.05, 0) is 33.5 Å². The van der Waals surface area contributed by atoms with E-state index in [1.54, 1.807) is 7.11 Å². The predicted octanol–water partition coefficient (Wildman–Crippen LogP) is -2.59. The number of methoxy groups -OCH3 is 1. The van der Waals surface area contributed by atoms with E-state index in [1.807, 2.05) is 25.9 Å². The first kappa shape index (κ1) is 29.5. The van der Waals surface area contributed by atoms with Gasteiger partial charge in [-0.25, -0.2) is 0 Å². The molecule has 0 aromatic heterocycles. The number of likely N-dealkylation sites (N-methyl/N-ethyl adjacent to an activating group) is 1. The maximum atomic E-state index is 10.4. The number of aliphatic carboxylic acids is 1. The van der Waals surface area contributed by atoms with Crippen LogP contribution in [-0.4, -0.2) is 81.6 Å². The summed E-state index contributed by atoms with van der Waals surface area (Å²) in [6, 6.07) is 0. The van der Waals surface area contributed by atoms with Gasteiger partial charge in [0.15, 0.2) is 0 Å². The van der Waals surface area contributed by atoms with Crippen molar-refractivity contribution in [1.29, 1.82) is 0 Å². The second kappa shape index (κ2) is 25.5. The third kappa shape index (κ3) is 42.7. The van der Waals surface area contributed by atoms with Crippen LogP contribution < -0.4 is 15.3 Å². The number of rotatable bonds is 9. The summed E-state index contributed by atoms with van der Waals surface area (Å²) in [4.78, 5) is 22.1. The van der Waals surface area contributed by atoms with Crippen molar-refractivity contribution >= 4 is 29.1 Å². The van der Waals surface area contributed by atoms with E-state index in [2.05, 4.69) is 4.74 Å². The molecular formula is C14H28AlNO6. The van der Waals surface area contributed by atoms with Gasteiger partial charge in [-0.2, -0.15) is 0 Å². The molecule has 0 unspecified atom stereocenters. The summed E-state index contributed by atoms with van der Waals surface area (Å²) in [6.45, 7) is 3.07. The van der Waals surface area contributed by atoms with E-state index in [0.717, 1.165) is 0 Å². The smallest absolute Gasteiger partial charge is 0.854 e. The molecule has 0 spiro atoms. The number of carbonyl (C=O) groups is 2. The van der Waals surface area contributed by atoms with Gasteiger partial charge < -0.3 is 29.8 Å². The number of hydrogen-bond donors (Lipinski definition) is 0. The molecule has 22 heavy (non-hydrogen) atoms. The van der Waals surface area contributed by atoms with Crippen molar-refractivity contribution in [2.24, 2.45) is 0 Å². The number of Topliss-reactive ketones (excluding diaryl/α,β-unsaturated/α-hetero) is 1. The molecular weight excluding hydrogens is 305 g/mol. The summed E-state index contributed by atoms with van der Waals surface area (Å²) in [5, 5.41) is 29.1. The van der Waals surface area contributed by atoms with E-state index in [9.17, 15) is 24.9 Å². The van der Waals surface area contributed by atoms with Crippen molar-refractivity contribution in [3.05, 3.63) is 0 Å². The van der Waals surface area contributed by atoms with E-state index < -0.39 is 12.4 Å². The van der Waals surface area contributed by atoms with Crippen LogP contribution in [0.25, 0.3) is 0 Å². The number of ketones is 1. The van der Waals surface area contributed by atoms with Crippen LogP contribution in [0.15, 0.2) is 0 Å². The molecule has 0 aromatic carbocycles. The van der Waals surface area contributed by atoms with Crippen LogP contribution in [0.3, 0.4) is 0 Å². The van der Waals surface area contributed by atoms with Crippen molar-refractivity contribution in [2.45, 2.75) is 32.6 Å². The maximum absolute atomic E-state index is 10.4. The molecule has 8 heteroatoms. The first-order chi connectivity index (χ1) is 9.85. The van der Waals surface area contributed by atoms with Gasteiger partial charge in [0, 0.05) is 32.5 Å². The van der Waals surface area contributed by atoms with Gasteiger partial charge >= 0.3 is 17.4 Å². The van der Waals surface area contributed by atoms with Gasteiger partial charge in [-0.15, -0.1) is 13.2 Å². The minimum absolute atomic E-state index is 0. The normalized spacial score (nSPS) is 8.86. The fourth-order valence-electron chi connectivity index (χ4n) is 0.914. The van der Waals surface area contributed by atoms with Crippen LogP contribution >= 0.6 is 0 Å². The third-order valence-corrected chi connectivity index (χ3v) is 1.90. The van der Waals surface area contributed by atoms with Crippen LogP contribution in [-0.2, 0) is 14.3 Å². The average molecular weight is 333 g/mol. The summed E-state index contributed by atoms with van der Waals surface area (Å²) in [5.74, 6) is -1.54. The van der Waals surface area contributed by atoms with E-state index in [-0.39, 0.29) is 36.4 Å². The third-order valence-electron chi connectivity index (χ3n) is 1.90. The Bertz CT molecular complexity index is 235. The van der Waals surface area contributed by atoms with Crippen molar-refractivity contribution in [3.8, 4) is 0 Å². The molecule has 0 radical (unpaired) electrons. The minimum Gasteiger partial charge on any atom is -0.854 e. The Morgan fingerprint density at radius 3 is 1.86 bits per heavy atom. The van der Waals surface area contributed by atoms with Gasteiger partial charge in [0.2, 0.25) is 0 Å². The standard InChI is InChI=1S/C6H10O3.C4H10NO.C4H9O2.Al/c1-2-3-5(7)4-6(8)9;1-5(2)3-4-6;1-6-4-2-3-5;/h2-4H2,1H3,(H,8,9);3-4H2,1-2H3;2-4H2,1H3;/q;2*-1;+3/p-1. The van der Waals surface area contributed by atoms with Crippen molar-refractivity contribution in [2.75, 3.05) is 47.6 Å². The first-order valence-electron chi connectivity index (χ1n) is 6.87. The maximum Gasteiger partial charge on any atom is 3.00 e. The number of nitrogens with zero attached hydrogens (tertiary/aromatic N) is 1. The summed E-state index contributed by atoms with van der Waals surface area (Å²) in [5.41, 5.74) is 0. The van der Waals surface area contributed by atoms with E-state index in [0.29, 0.717) is 32.4 Å². The first-order valence-corrected chi connectivity index (χ1v) is 6.87. The van der Waals surface area contributed by atoms with Crippen molar-refractivity contribution in [3.63, 3.8) is 0 Å². The Labute approximate surface area is 144 Å². The molecule has 0 aliphatic rings. The minimum atomic E-state index is -1.28. The Hall–Kier alpha value is -0.488. The SMILES string of the molecule is CCCC(=O)CC(=O)[O-].CN(C)CC[O-].COCCC[O-].[Al+3]. The van der Waals surface area contributed by atoms with Gasteiger partial charge in [-0.1, -0.05) is 6.92 Å². The van der Waals surface area contributed by atoms with Gasteiger partial charge in [0.25, 0.3) is 0 Å². The number of carboxylic acid groups (broad SMARTS) is 1. The molecule has 128 valence electrons. The summed E-state index contributed by atoms with van der Waals surface area (Å²) < 4.78 is 4.58. The van der Waals surface area contributed by atoms with E-state index >= 15 is 0 Å². The molecule has 7 nitrogen and oxygen atoms in total. The van der Waals surface area contributed by atoms with Crippen LogP contribution in [0.4, 0.5) is 0 Å². The van der Waals surface area contributed by atoms with Crippen LogP contribution in [0.1, 0.15) is 32.6 Å². The van der Waals surface area contributed by atoms with Crippen molar-refractivity contribution in [1.82, 2.24) is 4.90 Å². The Kier molecular flexibility index (Phi) is 34.2. The Morgan fingerprint density at radius 1 is 1.14 bits per heavy atom. The predicted molar refractivity (Wildman–Crippen MR) is 80.1 cm³/mol. The molecule has 0 heterocycles. The summed E-state index contributed by atoms with van der Waals surface area (Å²) in [6.07, 6.45) is 1.24. The molecule has 0 saturated carbocycles. The molecule has 0 rings (SSSR count). The van der Waals surface area contributed by atoms with E-state index in [1.165, 1.54) is 0 Å². The largest absolute Gasteiger partial charge is 3.00 e. The Morgan fingerprint density at radius 2 is 1.68 bits per heavy atom. The Balaban J connectivity index is -0.000000112. The van der Waals surface area contributed by atoms with Gasteiger partial charge in [-0.3, -0.25) is 4.79 Å². The number of carboxylic acids is 1. The van der Waals surface area contributed by atoms with E-state index in [4.69, 9.17) is 0 Å².